The molecule has 0 radical (unpaired) electrons. The number of nitrogens with zero attached hydrogens (tertiary/aromatic N) is 1. The van der Waals surface area contributed by atoms with Gasteiger partial charge in [-0.3, -0.25) is 4.79 Å². The van der Waals surface area contributed by atoms with E-state index in [1.807, 2.05) is 30.3 Å². The predicted octanol–water partition coefficient (Wildman–Crippen LogP) is 2.22. The van der Waals surface area contributed by atoms with Gasteiger partial charge in [0.05, 0.1) is 5.52 Å². The molecule has 0 aliphatic heterocycles. The van der Waals surface area contributed by atoms with Gasteiger partial charge in [-0.15, -0.1) is 0 Å². The summed E-state index contributed by atoms with van der Waals surface area (Å²) in [4.78, 5) is 28.0. The molecule has 0 spiro atoms. The number of nitrogens with one attached hydrogen (secondary N) is 1. The summed E-state index contributed by atoms with van der Waals surface area (Å²) in [5.74, 6) is -1.45. The molecule has 21 heavy (non-hydrogen) atoms. The molecule has 1 saturated carbocycles. The first-order valence-electron chi connectivity index (χ1n) is 6.92. The highest BCUT2D eigenvalue weighted by molar-refractivity contribution is 5.98. The largest absolute Gasteiger partial charge is 0.480 e. The van der Waals surface area contributed by atoms with Crippen LogP contribution >= 0.6 is 0 Å². The summed E-state index contributed by atoms with van der Waals surface area (Å²) in [5, 5.41) is 13.0. The number of aliphatic carboxylic acids is 1. The van der Waals surface area contributed by atoms with Crippen LogP contribution in [0.1, 0.15) is 30.3 Å². The molecule has 3 rings (SSSR count). The first-order valence-corrected chi connectivity index (χ1v) is 6.92. The van der Waals surface area contributed by atoms with Gasteiger partial charge in [0.1, 0.15) is 11.2 Å². The van der Waals surface area contributed by atoms with Gasteiger partial charge in [-0.1, -0.05) is 24.3 Å². The second-order valence-corrected chi connectivity index (χ2v) is 5.63. The summed E-state index contributed by atoms with van der Waals surface area (Å²) in [6, 6.07) is 10.9. The number of pyridine rings is 1. The summed E-state index contributed by atoms with van der Waals surface area (Å²) in [6.07, 6.45) is 1.66. The molecule has 1 amide bonds. The SMILES string of the molecule is CC(NC(=O)c1ccc2ccccc2n1)(C(=O)O)C1CC1. The predicted molar refractivity (Wildman–Crippen MR) is 78.0 cm³/mol. The third-order valence-electron chi connectivity index (χ3n) is 4.04. The Kier molecular flexibility index (Phi) is 3.12. The van der Waals surface area contributed by atoms with E-state index in [4.69, 9.17) is 0 Å². The van der Waals surface area contributed by atoms with E-state index < -0.39 is 17.4 Å². The maximum atomic E-state index is 12.3. The number of carboxylic acid groups (broad SMARTS) is 1. The third-order valence-corrected chi connectivity index (χ3v) is 4.04. The smallest absolute Gasteiger partial charge is 0.329 e. The molecule has 5 heteroatoms. The van der Waals surface area contributed by atoms with E-state index in [0.29, 0.717) is 5.52 Å². The van der Waals surface area contributed by atoms with E-state index in [0.717, 1.165) is 18.2 Å². The molecule has 1 aliphatic carbocycles. The highest BCUT2D eigenvalue weighted by atomic mass is 16.4. The zero-order valence-corrected chi connectivity index (χ0v) is 11.7. The van der Waals surface area contributed by atoms with Crippen LogP contribution in [-0.4, -0.2) is 27.5 Å². The summed E-state index contributed by atoms with van der Waals surface area (Å²) >= 11 is 0. The number of aromatic nitrogens is 1. The van der Waals surface area contributed by atoms with Crippen LogP contribution in [0.3, 0.4) is 0 Å². The number of carboxylic acids is 1. The molecule has 1 unspecified atom stereocenters. The van der Waals surface area contributed by atoms with E-state index in [1.54, 1.807) is 13.0 Å². The number of carbonyl (C=O) groups excluding carboxylic acids is 1. The van der Waals surface area contributed by atoms with Crippen molar-refractivity contribution in [3.05, 3.63) is 42.1 Å². The van der Waals surface area contributed by atoms with Gasteiger partial charge >= 0.3 is 5.97 Å². The number of fused-ring (bicyclic) bond motifs is 1. The number of para-hydroxylation sites is 1. The highest BCUT2D eigenvalue weighted by Gasteiger charge is 2.48. The number of hydrogen-bond donors (Lipinski definition) is 2. The van der Waals surface area contributed by atoms with Crippen molar-refractivity contribution in [3.63, 3.8) is 0 Å². The monoisotopic (exact) mass is 284 g/mol. The highest BCUT2D eigenvalue weighted by Crippen LogP contribution is 2.39. The zero-order valence-electron chi connectivity index (χ0n) is 11.7. The van der Waals surface area contributed by atoms with Crippen molar-refractivity contribution in [2.24, 2.45) is 5.92 Å². The molecular weight excluding hydrogens is 268 g/mol. The van der Waals surface area contributed by atoms with Crippen molar-refractivity contribution in [3.8, 4) is 0 Å². The number of hydrogen-bond acceptors (Lipinski definition) is 3. The first kappa shape index (κ1) is 13.5. The molecule has 1 atom stereocenters. The Hall–Kier alpha value is -2.43. The Labute approximate surface area is 122 Å². The van der Waals surface area contributed by atoms with Crippen LogP contribution in [0.5, 0.6) is 0 Å². The van der Waals surface area contributed by atoms with Crippen LogP contribution in [0.15, 0.2) is 36.4 Å². The van der Waals surface area contributed by atoms with Gasteiger partial charge in [0.15, 0.2) is 0 Å². The van der Waals surface area contributed by atoms with Crippen molar-refractivity contribution < 1.29 is 14.7 Å². The summed E-state index contributed by atoms with van der Waals surface area (Å²) in [7, 11) is 0. The lowest BCUT2D eigenvalue weighted by atomic mass is 9.95. The average Bonchev–Trinajstić information content (AvgIpc) is 3.31. The number of rotatable bonds is 4. The number of carbonyl (C=O) groups is 2. The maximum absolute atomic E-state index is 12.3. The second kappa shape index (κ2) is 4.84. The normalized spacial score (nSPS) is 17.2. The minimum atomic E-state index is -1.22. The molecule has 0 saturated heterocycles. The lowest BCUT2D eigenvalue weighted by Crippen LogP contribution is -2.54. The van der Waals surface area contributed by atoms with Gasteiger partial charge in [0.2, 0.25) is 0 Å². The van der Waals surface area contributed by atoms with Crippen LogP contribution in [0.2, 0.25) is 0 Å². The molecule has 1 aliphatic rings. The van der Waals surface area contributed by atoms with Crippen LogP contribution in [0.25, 0.3) is 10.9 Å². The Morgan fingerprint density at radius 3 is 2.62 bits per heavy atom. The molecule has 1 heterocycles. The fourth-order valence-electron chi connectivity index (χ4n) is 2.48. The molecule has 2 aromatic rings. The van der Waals surface area contributed by atoms with Crippen molar-refractivity contribution in [1.82, 2.24) is 10.3 Å². The molecule has 0 bridgehead atoms. The molecule has 1 fully saturated rings. The lowest BCUT2D eigenvalue weighted by molar-refractivity contribution is -0.144. The molecule has 5 nitrogen and oxygen atoms in total. The summed E-state index contributed by atoms with van der Waals surface area (Å²) < 4.78 is 0. The van der Waals surface area contributed by atoms with E-state index in [1.165, 1.54) is 0 Å². The molecular formula is C16H16N2O3. The zero-order chi connectivity index (χ0) is 15.0. The first-order chi connectivity index (χ1) is 10.0. The quantitative estimate of drug-likeness (QED) is 0.902. The Bertz CT molecular complexity index is 724. The molecule has 2 N–H and O–H groups in total. The molecule has 1 aromatic carbocycles. The van der Waals surface area contributed by atoms with Gasteiger partial charge in [0, 0.05) is 5.39 Å². The minimum absolute atomic E-state index is 0.000550. The fraction of sp³-hybridized carbons (Fsp3) is 0.312. The number of benzene rings is 1. The second-order valence-electron chi connectivity index (χ2n) is 5.63. The van der Waals surface area contributed by atoms with Gasteiger partial charge < -0.3 is 10.4 Å². The third kappa shape index (κ3) is 2.46. The van der Waals surface area contributed by atoms with E-state index >= 15 is 0 Å². The standard InChI is InChI=1S/C16H16N2O3/c1-16(15(20)21,11-7-8-11)18-14(19)13-9-6-10-4-2-3-5-12(10)17-13/h2-6,9,11H,7-8H2,1H3,(H,18,19)(H,20,21). The lowest BCUT2D eigenvalue weighted by Gasteiger charge is -2.25. The van der Waals surface area contributed by atoms with Gasteiger partial charge in [-0.25, -0.2) is 9.78 Å². The summed E-state index contributed by atoms with van der Waals surface area (Å²) in [5.41, 5.74) is -0.264. The fourth-order valence-corrected chi connectivity index (χ4v) is 2.48. The van der Waals surface area contributed by atoms with Crippen LogP contribution < -0.4 is 5.32 Å². The van der Waals surface area contributed by atoms with Crippen molar-refractivity contribution in [2.45, 2.75) is 25.3 Å². The van der Waals surface area contributed by atoms with Crippen molar-refractivity contribution in [2.75, 3.05) is 0 Å². The molecule has 1 aromatic heterocycles. The van der Waals surface area contributed by atoms with E-state index in [-0.39, 0.29) is 11.6 Å². The topological polar surface area (TPSA) is 79.3 Å². The van der Waals surface area contributed by atoms with Gasteiger partial charge in [-0.05, 0) is 37.8 Å². The Morgan fingerprint density at radius 2 is 1.95 bits per heavy atom. The average molecular weight is 284 g/mol. The summed E-state index contributed by atoms with van der Waals surface area (Å²) in [6.45, 7) is 1.56. The molecule has 108 valence electrons. The maximum Gasteiger partial charge on any atom is 0.329 e. The van der Waals surface area contributed by atoms with Crippen LogP contribution in [0, 0.1) is 5.92 Å². The van der Waals surface area contributed by atoms with Crippen LogP contribution in [-0.2, 0) is 4.79 Å². The van der Waals surface area contributed by atoms with Crippen molar-refractivity contribution >= 4 is 22.8 Å². The van der Waals surface area contributed by atoms with Crippen LogP contribution in [0.4, 0.5) is 0 Å². The van der Waals surface area contributed by atoms with E-state index in [9.17, 15) is 14.7 Å². The Morgan fingerprint density at radius 1 is 1.24 bits per heavy atom. The van der Waals surface area contributed by atoms with E-state index in [2.05, 4.69) is 10.3 Å². The van der Waals surface area contributed by atoms with Crippen molar-refractivity contribution in [1.29, 1.82) is 0 Å². The number of amides is 1. The minimum Gasteiger partial charge on any atom is -0.480 e. The van der Waals surface area contributed by atoms with Gasteiger partial charge in [0.25, 0.3) is 5.91 Å². The Balaban J connectivity index is 1.88. The van der Waals surface area contributed by atoms with Gasteiger partial charge in [-0.2, -0.15) is 0 Å².